The molecule has 1 heterocycles. The minimum atomic E-state index is -4.34. The Labute approximate surface area is 127 Å². The lowest BCUT2D eigenvalue weighted by atomic mass is 9.79. The first-order valence-electron chi connectivity index (χ1n) is 6.86. The predicted octanol–water partition coefficient (Wildman–Crippen LogP) is 3.21. The van der Waals surface area contributed by atoms with Crippen LogP contribution in [0.25, 0.3) is 0 Å². The summed E-state index contributed by atoms with van der Waals surface area (Å²) >= 11 is 1.78. The van der Waals surface area contributed by atoms with Crippen LogP contribution >= 0.6 is 11.8 Å². The van der Waals surface area contributed by atoms with Crippen LogP contribution < -0.4 is 0 Å². The summed E-state index contributed by atoms with van der Waals surface area (Å²) in [4.78, 5) is 2.01. The van der Waals surface area contributed by atoms with Crippen LogP contribution in [-0.4, -0.2) is 42.2 Å². The van der Waals surface area contributed by atoms with E-state index >= 15 is 0 Å². The van der Waals surface area contributed by atoms with Crippen molar-refractivity contribution in [3.05, 3.63) is 35.4 Å². The van der Waals surface area contributed by atoms with Crippen molar-refractivity contribution in [2.45, 2.75) is 18.2 Å². The Morgan fingerprint density at radius 3 is 2.43 bits per heavy atom. The summed E-state index contributed by atoms with van der Waals surface area (Å²) in [6.45, 7) is 0.713. The Hall–Kier alpha value is -0.720. The Morgan fingerprint density at radius 1 is 1.29 bits per heavy atom. The second-order valence-corrected chi connectivity index (χ2v) is 6.93. The maximum atomic E-state index is 12.6. The zero-order chi connectivity index (χ0) is 15.7. The van der Waals surface area contributed by atoms with E-state index in [0.717, 1.165) is 23.6 Å². The van der Waals surface area contributed by atoms with Crippen molar-refractivity contribution in [3.63, 3.8) is 0 Å². The molecule has 0 bridgehead atoms. The Kier molecular flexibility index (Phi) is 4.90. The number of thioether (sulfide) groups is 1. The standard InChI is InChI=1S/C15H20F3NOS/c1-19(2)9-13-10-21-8-7-14(13,20)11-3-5-12(6-4-11)15(16,17)18/h3-6,13,20H,7-10H2,1-2H3/t13-,14-/m0/s1. The van der Waals surface area contributed by atoms with Crippen LogP contribution in [0.15, 0.2) is 24.3 Å². The lowest BCUT2D eigenvalue weighted by Crippen LogP contribution is -2.45. The van der Waals surface area contributed by atoms with Crippen molar-refractivity contribution in [2.24, 2.45) is 5.92 Å². The van der Waals surface area contributed by atoms with E-state index in [-0.39, 0.29) is 5.92 Å². The van der Waals surface area contributed by atoms with Crippen molar-refractivity contribution < 1.29 is 18.3 Å². The molecule has 2 atom stereocenters. The molecule has 1 N–H and O–H groups in total. The Balaban J connectivity index is 2.28. The van der Waals surface area contributed by atoms with Gasteiger partial charge in [0.2, 0.25) is 0 Å². The lowest BCUT2D eigenvalue weighted by Gasteiger charge is -2.41. The molecule has 1 saturated heterocycles. The molecule has 0 aliphatic carbocycles. The number of benzene rings is 1. The topological polar surface area (TPSA) is 23.5 Å². The fourth-order valence-electron chi connectivity index (χ4n) is 2.77. The molecule has 0 amide bonds. The molecule has 0 spiro atoms. The van der Waals surface area contributed by atoms with Crippen LogP contribution in [0.5, 0.6) is 0 Å². The number of alkyl halides is 3. The van der Waals surface area contributed by atoms with Gasteiger partial charge in [0.15, 0.2) is 0 Å². The zero-order valence-electron chi connectivity index (χ0n) is 12.2. The first-order valence-corrected chi connectivity index (χ1v) is 8.01. The number of aliphatic hydroxyl groups is 1. The van der Waals surface area contributed by atoms with Crippen LogP contribution in [0.3, 0.4) is 0 Å². The van der Waals surface area contributed by atoms with Crippen molar-refractivity contribution in [3.8, 4) is 0 Å². The third-order valence-electron chi connectivity index (χ3n) is 3.92. The monoisotopic (exact) mass is 319 g/mol. The maximum Gasteiger partial charge on any atom is 0.416 e. The quantitative estimate of drug-likeness (QED) is 0.925. The van der Waals surface area contributed by atoms with Gasteiger partial charge in [0.25, 0.3) is 0 Å². The average Bonchev–Trinajstić information content (AvgIpc) is 2.40. The highest BCUT2D eigenvalue weighted by Gasteiger charge is 2.41. The van der Waals surface area contributed by atoms with E-state index in [2.05, 4.69) is 0 Å². The van der Waals surface area contributed by atoms with Gasteiger partial charge in [-0.15, -0.1) is 0 Å². The van der Waals surface area contributed by atoms with Gasteiger partial charge in [-0.2, -0.15) is 24.9 Å². The molecule has 1 aliphatic rings. The van der Waals surface area contributed by atoms with Crippen molar-refractivity contribution in [1.29, 1.82) is 0 Å². The van der Waals surface area contributed by atoms with Crippen molar-refractivity contribution >= 4 is 11.8 Å². The molecule has 1 aromatic carbocycles. The van der Waals surface area contributed by atoms with Gasteiger partial charge in [0.05, 0.1) is 11.2 Å². The highest BCUT2D eigenvalue weighted by molar-refractivity contribution is 7.99. The van der Waals surface area contributed by atoms with Gasteiger partial charge in [0, 0.05) is 18.2 Å². The number of halogens is 3. The highest BCUT2D eigenvalue weighted by Crippen LogP contribution is 2.41. The summed E-state index contributed by atoms with van der Waals surface area (Å²) < 4.78 is 37.9. The molecule has 118 valence electrons. The van der Waals surface area contributed by atoms with Crippen molar-refractivity contribution in [1.82, 2.24) is 4.90 Å². The van der Waals surface area contributed by atoms with Gasteiger partial charge in [-0.05, 0) is 44.0 Å². The summed E-state index contributed by atoms with van der Waals surface area (Å²) in [5.41, 5.74) is -1.13. The predicted molar refractivity (Wildman–Crippen MR) is 79.3 cm³/mol. The Bertz CT molecular complexity index is 475. The summed E-state index contributed by atoms with van der Waals surface area (Å²) in [6, 6.07) is 4.95. The van der Waals surface area contributed by atoms with E-state index in [4.69, 9.17) is 0 Å². The van der Waals surface area contributed by atoms with E-state index in [1.807, 2.05) is 19.0 Å². The normalized spacial score (nSPS) is 27.1. The molecule has 1 aromatic rings. The molecule has 6 heteroatoms. The number of hydrogen-bond acceptors (Lipinski definition) is 3. The van der Waals surface area contributed by atoms with E-state index in [0.29, 0.717) is 18.5 Å². The number of nitrogens with zero attached hydrogens (tertiary/aromatic N) is 1. The Morgan fingerprint density at radius 2 is 1.90 bits per heavy atom. The van der Waals surface area contributed by atoms with Gasteiger partial charge in [-0.1, -0.05) is 12.1 Å². The van der Waals surface area contributed by atoms with Crippen LogP contribution in [0.2, 0.25) is 0 Å². The third kappa shape index (κ3) is 3.73. The highest BCUT2D eigenvalue weighted by atomic mass is 32.2. The molecule has 0 saturated carbocycles. The smallest absolute Gasteiger partial charge is 0.385 e. The SMILES string of the molecule is CN(C)C[C@H]1CSCC[C@]1(O)c1ccc(C(F)(F)F)cc1. The minimum absolute atomic E-state index is 0.0167. The van der Waals surface area contributed by atoms with Gasteiger partial charge in [-0.3, -0.25) is 0 Å². The first-order chi connectivity index (χ1) is 9.73. The lowest BCUT2D eigenvalue weighted by molar-refractivity contribution is -0.137. The second-order valence-electron chi connectivity index (χ2n) is 5.78. The van der Waals surface area contributed by atoms with E-state index in [9.17, 15) is 18.3 Å². The molecule has 21 heavy (non-hydrogen) atoms. The van der Waals surface area contributed by atoms with Gasteiger partial charge < -0.3 is 10.0 Å². The fourth-order valence-corrected chi connectivity index (χ4v) is 4.06. The molecule has 2 rings (SSSR count). The second kappa shape index (κ2) is 6.18. The maximum absolute atomic E-state index is 12.6. The van der Waals surface area contributed by atoms with E-state index in [1.165, 1.54) is 12.1 Å². The minimum Gasteiger partial charge on any atom is -0.385 e. The number of rotatable bonds is 3. The first kappa shape index (κ1) is 16.6. The molecule has 1 aliphatic heterocycles. The molecule has 0 aromatic heterocycles. The fraction of sp³-hybridized carbons (Fsp3) is 0.600. The summed E-state index contributed by atoms with van der Waals surface area (Å²) in [6.07, 6.45) is -3.77. The van der Waals surface area contributed by atoms with Crippen LogP contribution in [0, 0.1) is 5.92 Å². The summed E-state index contributed by atoms with van der Waals surface area (Å²) in [5.74, 6) is 1.65. The largest absolute Gasteiger partial charge is 0.416 e. The average molecular weight is 319 g/mol. The molecule has 1 fully saturated rings. The zero-order valence-corrected chi connectivity index (χ0v) is 13.0. The summed E-state index contributed by atoms with van der Waals surface area (Å²) in [7, 11) is 3.87. The van der Waals surface area contributed by atoms with E-state index in [1.54, 1.807) is 11.8 Å². The molecule has 0 radical (unpaired) electrons. The van der Waals surface area contributed by atoms with Gasteiger partial charge in [0.1, 0.15) is 0 Å². The van der Waals surface area contributed by atoms with E-state index < -0.39 is 17.3 Å². The van der Waals surface area contributed by atoms with Crippen LogP contribution in [0.1, 0.15) is 17.5 Å². The summed E-state index contributed by atoms with van der Waals surface area (Å²) in [5, 5.41) is 11.0. The third-order valence-corrected chi connectivity index (χ3v) is 5.05. The molecule has 2 nitrogen and oxygen atoms in total. The molecular formula is C15H20F3NOS. The molecular weight excluding hydrogens is 299 g/mol. The number of hydrogen-bond donors (Lipinski definition) is 1. The van der Waals surface area contributed by atoms with Gasteiger partial charge >= 0.3 is 6.18 Å². The van der Waals surface area contributed by atoms with Crippen molar-refractivity contribution in [2.75, 3.05) is 32.1 Å². The van der Waals surface area contributed by atoms with Crippen LogP contribution in [0.4, 0.5) is 13.2 Å². The van der Waals surface area contributed by atoms with Gasteiger partial charge in [-0.25, -0.2) is 0 Å². The van der Waals surface area contributed by atoms with Crippen LogP contribution in [-0.2, 0) is 11.8 Å². The molecule has 0 unspecified atom stereocenters.